The molecule has 0 aliphatic heterocycles. The molecule has 0 bridgehead atoms. The van der Waals surface area contributed by atoms with Crippen LogP contribution in [-0.4, -0.2) is 18.3 Å². The number of aliphatic hydroxyl groups is 1. The van der Waals surface area contributed by atoms with Crippen molar-refractivity contribution in [1.82, 2.24) is 0 Å². The van der Waals surface area contributed by atoms with Gasteiger partial charge in [0.05, 0.1) is 13.2 Å². The molecule has 0 radical (unpaired) electrons. The third-order valence-corrected chi connectivity index (χ3v) is 3.55. The fraction of sp³-hybridized carbons (Fsp3) is 0.250. The highest BCUT2D eigenvalue weighted by molar-refractivity contribution is 9.10. The minimum atomic E-state index is -0.583. The topological polar surface area (TPSA) is 29.5 Å². The zero-order chi connectivity index (χ0) is 14.5. The van der Waals surface area contributed by atoms with Crippen LogP contribution < -0.4 is 4.74 Å². The number of methoxy groups -OCH3 is 1. The van der Waals surface area contributed by atoms with Gasteiger partial charge in [-0.2, -0.15) is 0 Å². The van der Waals surface area contributed by atoms with Gasteiger partial charge in [-0.1, -0.05) is 28.1 Å². The lowest BCUT2D eigenvalue weighted by molar-refractivity contribution is 0.174. The minimum absolute atomic E-state index is 0.283. The molecule has 1 atom stereocenters. The Bertz CT molecular complexity index is 586. The van der Waals surface area contributed by atoms with E-state index in [0.717, 1.165) is 21.3 Å². The van der Waals surface area contributed by atoms with Crippen molar-refractivity contribution in [3.8, 4) is 5.75 Å². The summed E-state index contributed by atoms with van der Waals surface area (Å²) in [5, 5.41) is 10.2. The van der Waals surface area contributed by atoms with Gasteiger partial charge in [-0.25, -0.2) is 4.39 Å². The highest BCUT2D eigenvalue weighted by atomic mass is 79.9. The molecule has 4 heteroatoms. The number of aliphatic hydroxyl groups excluding tert-OH is 1. The first kappa shape index (κ1) is 15.0. The molecule has 20 heavy (non-hydrogen) atoms. The first-order valence-corrected chi connectivity index (χ1v) is 7.12. The van der Waals surface area contributed by atoms with Crippen LogP contribution in [-0.2, 0) is 12.8 Å². The Hall–Kier alpha value is -1.39. The van der Waals surface area contributed by atoms with Gasteiger partial charge in [-0.15, -0.1) is 0 Å². The molecule has 1 unspecified atom stereocenters. The third kappa shape index (κ3) is 4.05. The van der Waals surface area contributed by atoms with Crippen molar-refractivity contribution >= 4 is 15.9 Å². The van der Waals surface area contributed by atoms with Crippen LogP contribution in [0.1, 0.15) is 11.1 Å². The Morgan fingerprint density at radius 1 is 1.20 bits per heavy atom. The first-order chi connectivity index (χ1) is 9.58. The Morgan fingerprint density at radius 3 is 2.70 bits per heavy atom. The normalized spacial score (nSPS) is 12.2. The maximum atomic E-state index is 13.1. The van der Waals surface area contributed by atoms with Gasteiger partial charge in [0.15, 0.2) is 0 Å². The summed E-state index contributed by atoms with van der Waals surface area (Å²) in [7, 11) is 1.60. The number of rotatable bonds is 5. The smallest absolute Gasteiger partial charge is 0.123 e. The monoisotopic (exact) mass is 338 g/mol. The van der Waals surface area contributed by atoms with E-state index < -0.39 is 6.10 Å². The highest BCUT2D eigenvalue weighted by Crippen LogP contribution is 2.24. The van der Waals surface area contributed by atoms with Crippen LogP contribution in [0.2, 0.25) is 0 Å². The van der Waals surface area contributed by atoms with E-state index in [1.807, 2.05) is 24.3 Å². The fourth-order valence-electron chi connectivity index (χ4n) is 2.17. The highest BCUT2D eigenvalue weighted by Gasteiger charge is 2.11. The second-order valence-corrected chi connectivity index (χ2v) is 5.56. The molecule has 0 saturated carbocycles. The summed E-state index contributed by atoms with van der Waals surface area (Å²) in [5.41, 5.74) is 1.71. The maximum Gasteiger partial charge on any atom is 0.123 e. The molecular weight excluding hydrogens is 323 g/mol. The number of hydrogen-bond acceptors (Lipinski definition) is 2. The number of benzene rings is 2. The van der Waals surface area contributed by atoms with Crippen LogP contribution in [0, 0.1) is 5.82 Å². The Morgan fingerprint density at radius 2 is 2.00 bits per heavy atom. The molecule has 0 amide bonds. The minimum Gasteiger partial charge on any atom is -0.496 e. The quantitative estimate of drug-likeness (QED) is 0.899. The van der Waals surface area contributed by atoms with Gasteiger partial charge < -0.3 is 9.84 Å². The number of ether oxygens (including phenoxy) is 1. The van der Waals surface area contributed by atoms with E-state index in [0.29, 0.717) is 12.8 Å². The molecule has 2 aromatic carbocycles. The molecule has 106 valence electrons. The molecule has 0 fully saturated rings. The Labute approximate surface area is 126 Å². The van der Waals surface area contributed by atoms with Crippen LogP contribution in [0.4, 0.5) is 4.39 Å². The number of halogens is 2. The van der Waals surface area contributed by atoms with Crippen LogP contribution in [0.15, 0.2) is 46.9 Å². The predicted octanol–water partition coefficient (Wildman–Crippen LogP) is 3.74. The standard InChI is InChI=1S/C16H16BrFO2/c1-20-16-6-5-13(17)9-12(16)10-15(19)8-11-3-2-4-14(18)7-11/h2-7,9,15,19H,8,10H2,1H3. The van der Waals surface area contributed by atoms with Crippen molar-refractivity contribution in [1.29, 1.82) is 0 Å². The van der Waals surface area contributed by atoms with Gasteiger partial charge in [0, 0.05) is 10.9 Å². The van der Waals surface area contributed by atoms with Crippen LogP contribution in [0.25, 0.3) is 0 Å². The van der Waals surface area contributed by atoms with Crippen molar-refractivity contribution in [3.05, 3.63) is 63.9 Å². The Kier molecular flexibility index (Phi) is 5.15. The van der Waals surface area contributed by atoms with E-state index in [1.54, 1.807) is 13.2 Å². The summed E-state index contributed by atoms with van der Waals surface area (Å²) in [6.07, 6.45) is 0.284. The summed E-state index contributed by atoms with van der Waals surface area (Å²) in [6, 6.07) is 12.0. The maximum absolute atomic E-state index is 13.1. The summed E-state index contributed by atoms with van der Waals surface area (Å²) < 4.78 is 19.3. The summed E-state index contributed by atoms with van der Waals surface area (Å²) >= 11 is 3.41. The van der Waals surface area contributed by atoms with E-state index in [-0.39, 0.29) is 5.82 Å². The van der Waals surface area contributed by atoms with Gasteiger partial charge in [0.2, 0.25) is 0 Å². The average molecular weight is 339 g/mol. The lowest BCUT2D eigenvalue weighted by Crippen LogP contribution is -2.14. The fourth-order valence-corrected chi connectivity index (χ4v) is 2.58. The SMILES string of the molecule is COc1ccc(Br)cc1CC(O)Cc1cccc(F)c1. The third-order valence-electron chi connectivity index (χ3n) is 3.06. The zero-order valence-corrected chi connectivity index (χ0v) is 12.7. The first-order valence-electron chi connectivity index (χ1n) is 6.33. The lowest BCUT2D eigenvalue weighted by Gasteiger charge is -2.14. The van der Waals surface area contributed by atoms with Crippen LogP contribution in [0.5, 0.6) is 5.75 Å². The summed E-state index contributed by atoms with van der Waals surface area (Å²) in [5.74, 6) is 0.459. The molecule has 1 N–H and O–H groups in total. The van der Waals surface area contributed by atoms with Crippen LogP contribution in [0.3, 0.4) is 0 Å². The lowest BCUT2D eigenvalue weighted by atomic mass is 10.0. The van der Waals surface area contributed by atoms with Gasteiger partial charge in [-0.3, -0.25) is 0 Å². The van der Waals surface area contributed by atoms with E-state index in [4.69, 9.17) is 4.74 Å². The van der Waals surface area contributed by atoms with E-state index in [1.165, 1.54) is 12.1 Å². The van der Waals surface area contributed by atoms with Crippen molar-refractivity contribution in [2.75, 3.05) is 7.11 Å². The summed E-state index contributed by atoms with van der Waals surface area (Å²) in [4.78, 5) is 0. The molecule has 0 spiro atoms. The van der Waals surface area contributed by atoms with Gasteiger partial charge >= 0.3 is 0 Å². The van der Waals surface area contributed by atoms with Gasteiger partial charge in [0.1, 0.15) is 11.6 Å². The van der Waals surface area contributed by atoms with E-state index >= 15 is 0 Å². The van der Waals surface area contributed by atoms with E-state index in [2.05, 4.69) is 15.9 Å². The molecule has 2 nitrogen and oxygen atoms in total. The molecule has 2 rings (SSSR count). The Balaban J connectivity index is 2.08. The largest absolute Gasteiger partial charge is 0.496 e. The summed E-state index contributed by atoms with van der Waals surface area (Å²) in [6.45, 7) is 0. The molecular formula is C16H16BrFO2. The van der Waals surface area contributed by atoms with Gasteiger partial charge in [0.25, 0.3) is 0 Å². The zero-order valence-electron chi connectivity index (χ0n) is 11.1. The molecule has 0 heterocycles. The van der Waals surface area contributed by atoms with Crippen LogP contribution >= 0.6 is 15.9 Å². The van der Waals surface area contributed by atoms with Crippen molar-refractivity contribution < 1.29 is 14.2 Å². The van der Waals surface area contributed by atoms with Crippen molar-refractivity contribution in [2.24, 2.45) is 0 Å². The average Bonchev–Trinajstić information content (AvgIpc) is 2.38. The molecule has 0 aromatic heterocycles. The van der Waals surface area contributed by atoms with Crippen molar-refractivity contribution in [3.63, 3.8) is 0 Å². The predicted molar refractivity (Wildman–Crippen MR) is 80.5 cm³/mol. The van der Waals surface area contributed by atoms with Crippen molar-refractivity contribution in [2.45, 2.75) is 18.9 Å². The molecule has 2 aromatic rings. The van der Waals surface area contributed by atoms with Gasteiger partial charge in [-0.05, 0) is 47.9 Å². The second kappa shape index (κ2) is 6.86. The molecule has 0 saturated heterocycles. The second-order valence-electron chi connectivity index (χ2n) is 4.65. The number of hydrogen-bond donors (Lipinski definition) is 1. The molecule has 0 aliphatic carbocycles. The van der Waals surface area contributed by atoms with E-state index in [9.17, 15) is 9.50 Å². The molecule has 0 aliphatic rings.